The van der Waals surface area contributed by atoms with Crippen LogP contribution in [0.4, 0.5) is 0 Å². The van der Waals surface area contributed by atoms with Crippen molar-refractivity contribution in [1.82, 2.24) is 10.2 Å². The van der Waals surface area contributed by atoms with Crippen LogP contribution in [0.3, 0.4) is 0 Å². The van der Waals surface area contributed by atoms with Crippen LogP contribution in [-0.4, -0.2) is 36.5 Å². The smallest absolute Gasteiger partial charge is 0.258 e. The van der Waals surface area contributed by atoms with Gasteiger partial charge in [0.2, 0.25) is 0 Å². The van der Waals surface area contributed by atoms with E-state index in [0.29, 0.717) is 5.92 Å². The first kappa shape index (κ1) is 21.4. The zero-order valence-corrected chi connectivity index (χ0v) is 18.0. The lowest BCUT2D eigenvalue weighted by molar-refractivity contribution is -0.124. The fourth-order valence-corrected chi connectivity index (χ4v) is 3.92. The van der Waals surface area contributed by atoms with E-state index < -0.39 is 0 Å². The van der Waals surface area contributed by atoms with E-state index in [1.807, 2.05) is 18.2 Å². The highest BCUT2D eigenvalue weighted by molar-refractivity contribution is 5.77. The summed E-state index contributed by atoms with van der Waals surface area (Å²) in [5.41, 5.74) is 3.91. The zero-order valence-electron chi connectivity index (χ0n) is 18.0. The summed E-state index contributed by atoms with van der Waals surface area (Å²) in [6.07, 6.45) is 3.02. The van der Waals surface area contributed by atoms with Gasteiger partial charge in [0.1, 0.15) is 5.75 Å². The highest BCUT2D eigenvalue weighted by Crippen LogP contribution is 2.28. The molecule has 2 aromatic rings. The van der Waals surface area contributed by atoms with E-state index >= 15 is 0 Å². The number of nitrogens with zero attached hydrogens (tertiary/aromatic N) is 1. The van der Waals surface area contributed by atoms with Gasteiger partial charge < -0.3 is 10.1 Å². The number of likely N-dealkylation sites (tertiary alicyclic amines) is 1. The lowest BCUT2D eigenvalue weighted by Gasteiger charge is -2.32. The van der Waals surface area contributed by atoms with Gasteiger partial charge >= 0.3 is 0 Å². The molecule has 0 bridgehead atoms. The fourth-order valence-electron chi connectivity index (χ4n) is 3.92. The topological polar surface area (TPSA) is 41.6 Å². The monoisotopic (exact) mass is 394 g/mol. The maximum Gasteiger partial charge on any atom is 0.258 e. The Kier molecular flexibility index (Phi) is 7.70. The summed E-state index contributed by atoms with van der Waals surface area (Å²) in [7, 11) is 0. The second-order valence-corrected chi connectivity index (χ2v) is 8.18. The van der Waals surface area contributed by atoms with Gasteiger partial charge in [-0.25, -0.2) is 0 Å². The third-order valence-corrected chi connectivity index (χ3v) is 6.03. The number of nitrogens with one attached hydrogen (secondary N) is 1. The van der Waals surface area contributed by atoms with Crippen LogP contribution >= 0.6 is 0 Å². The van der Waals surface area contributed by atoms with E-state index in [1.165, 1.54) is 16.7 Å². The molecule has 1 saturated heterocycles. The number of hydrogen-bond donors (Lipinski definition) is 1. The molecule has 1 unspecified atom stereocenters. The summed E-state index contributed by atoms with van der Waals surface area (Å²) < 4.78 is 5.85. The summed E-state index contributed by atoms with van der Waals surface area (Å²) in [6, 6.07) is 16.8. The quantitative estimate of drug-likeness (QED) is 0.707. The second kappa shape index (κ2) is 10.4. The van der Waals surface area contributed by atoms with E-state index in [4.69, 9.17) is 4.74 Å². The van der Waals surface area contributed by atoms with Crippen LogP contribution in [0.1, 0.15) is 55.7 Å². The van der Waals surface area contributed by atoms with Gasteiger partial charge in [-0.1, -0.05) is 56.3 Å². The molecule has 4 nitrogen and oxygen atoms in total. The highest BCUT2D eigenvalue weighted by atomic mass is 16.5. The molecule has 1 N–H and O–H groups in total. The first-order valence-electron chi connectivity index (χ1n) is 10.8. The standard InChI is InChI=1S/C25H34N2O2/c1-4-19(2)23-11-7-8-12-24(23)29-18-25(28)26-22-13-15-27(16-14-22)17-21-10-6-5-9-20(21)3/h5-12,19,22H,4,13-18H2,1-3H3,(H,26,28). The number of aryl methyl sites for hydroxylation is 1. The van der Waals surface area contributed by atoms with Gasteiger partial charge in [0.05, 0.1) is 0 Å². The van der Waals surface area contributed by atoms with E-state index in [0.717, 1.165) is 44.6 Å². The average molecular weight is 395 g/mol. The van der Waals surface area contributed by atoms with Gasteiger partial charge in [-0.3, -0.25) is 9.69 Å². The molecular weight excluding hydrogens is 360 g/mol. The summed E-state index contributed by atoms with van der Waals surface area (Å²) >= 11 is 0. The summed E-state index contributed by atoms with van der Waals surface area (Å²) in [5.74, 6) is 1.22. The Morgan fingerprint density at radius 2 is 1.83 bits per heavy atom. The molecule has 1 amide bonds. The van der Waals surface area contributed by atoms with Crippen LogP contribution in [-0.2, 0) is 11.3 Å². The van der Waals surface area contributed by atoms with Crippen LogP contribution in [0.5, 0.6) is 5.75 Å². The number of benzene rings is 2. The van der Waals surface area contributed by atoms with Gasteiger partial charge in [-0.15, -0.1) is 0 Å². The van der Waals surface area contributed by atoms with Crippen molar-refractivity contribution in [2.45, 2.75) is 58.5 Å². The molecule has 1 aliphatic heterocycles. The van der Waals surface area contributed by atoms with Gasteiger partial charge in [-0.05, 0) is 54.9 Å². The Hall–Kier alpha value is -2.33. The third kappa shape index (κ3) is 6.07. The van der Waals surface area contributed by atoms with Crippen molar-refractivity contribution in [1.29, 1.82) is 0 Å². The number of piperidine rings is 1. The minimum absolute atomic E-state index is 0.0266. The van der Waals surface area contributed by atoms with Crippen LogP contribution in [0, 0.1) is 6.92 Å². The number of ether oxygens (including phenoxy) is 1. The predicted octanol–water partition coefficient (Wildman–Crippen LogP) is 4.67. The third-order valence-electron chi connectivity index (χ3n) is 6.03. The van der Waals surface area contributed by atoms with Crippen molar-refractivity contribution < 1.29 is 9.53 Å². The van der Waals surface area contributed by atoms with Crippen molar-refractivity contribution in [3.8, 4) is 5.75 Å². The second-order valence-electron chi connectivity index (χ2n) is 8.18. The van der Waals surface area contributed by atoms with Crippen molar-refractivity contribution in [2.75, 3.05) is 19.7 Å². The number of carbonyl (C=O) groups is 1. The number of rotatable bonds is 8. The molecule has 0 spiro atoms. The molecule has 0 radical (unpaired) electrons. The van der Waals surface area contributed by atoms with Crippen molar-refractivity contribution in [3.05, 3.63) is 65.2 Å². The van der Waals surface area contributed by atoms with Crippen molar-refractivity contribution in [3.63, 3.8) is 0 Å². The van der Waals surface area contributed by atoms with E-state index in [-0.39, 0.29) is 18.6 Å². The van der Waals surface area contributed by atoms with Crippen LogP contribution in [0.15, 0.2) is 48.5 Å². The van der Waals surface area contributed by atoms with Gasteiger partial charge in [0.25, 0.3) is 5.91 Å². The molecule has 2 aromatic carbocycles. The molecule has 1 aliphatic rings. The van der Waals surface area contributed by atoms with Crippen molar-refractivity contribution >= 4 is 5.91 Å². The minimum Gasteiger partial charge on any atom is -0.483 e. The molecule has 1 fully saturated rings. The van der Waals surface area contributed by atoms with Gasteiger partial charge in [0.15, 0.2) is 6.61 Å². The first-order valence-corrected chi connectivity index (χ1v) is 10.8. The zero-order chi connectivity index (χ0) is 20.6. The highest BCUT2D eigenvalue weighted by Gasteiger charge is 2.21. The average Bonchev–Trinajstić information content (AvgIpc) is 2.75. The summed E-state index contributed by atoms with van der Waals surface area (Å²) in [6.45, 7) is 9.61. The first-order chi connectivity index (χ1) is 14.1. The Labute approximate surface area is 175 Å². The molecule has 29 heavy (non-hydrogen) atoms. The molecule has 1 atom stereocenters. The fraction of sp³-hybridized carbons (Fsp3) is 0.480. The Morgan fingerprint density at radius 1 is 1.14 bits per heavy atom. The number of amides is 1. The maximum atomic E-state index is 12.4. The Bertz CT molecular complexity index is 797. The lowest BCUT2D eigenvalue weighted by atomic mass is 9.98. The molecule has 0 saturated carbocycles. The predicted molar refractivity (Wildman–Crippen MR) is 118 cm³/mol. The Balaban J connectivity index is 1.43. The SMILES string of the molecule is CCC(C)c1ccccc1OCC(=O)NC1CCN(Cc2ccccc2C)CC1. The minimum atomic E-state index is -0.0266. The summed E-state index contributed by atoms with van der Waals surface area (Å²) in [5, 5.41) is 3.16. The van der Waals surface area contributed by atoms with E-state index in [1.54, 1.807) is 0 Å². The molecule has 4 heteroatoms. The van der Waals surface area contributed by atoms with Crippen LogP contribution in [0.2, 0.25) is 0 Å². The van der Waals surface area contributed by atoms with Crippen LogP contribution in [0.25, 0.3) is 0 Å². The molecular formula is C25H34N2O2. The van der Waals surface area contributed by atoms with Crippen LogP contribution < -0.4 is 10.1 Å². The number of para-hydroxylation sites is 1. The normalized spacial score (nSPS) is 16.4. The molecule has 156 valence electrons. The lowest BCUT2D eigenvalue weighted by Crippen LogP contribution is -2.45. The van der Waals surface area contributed by atoms with E-state index in [9.17, 15) is 4.79 Å². The van der Waals surface area contributed by atoms with Gasteiger partial charge in [-0.2, -0.15) is 0 Å². The maximum absolute atomic E-state index is 12.4. The number of hydrogen-bond acceptors (Lipinski definition) is 3. The van der Waals surface area contributed by atoms with Crippen molar-refractivity contribution in [2.24, 2.45) is 0 Å². The Morgan fingerprint density at radius 3 is 2.55 bits per heavy atom. The molecule has 0 aromatic heterocycles. The number of carbonyl (C=O) groups excluding carboxylic acids is 1. The largest absolute Gasteiger partial charge is 0.483 e. The van der Waals surface area contributed by atoms with Gasteiger partial charge in [0, 0.05) is 25.7 Å². The van der Waals surface area contributed by atoms with E-state index in [2.05, 4.69) is 61.3 Å². The molecule has 3 rings (SSSR count). The molecule has 0 aliphatic carbocycles. The molecule has 1 heterocycles. The summed E-state index contributed by atoms with van der Waals surface area (Å²) in [4.78, 5) is 14.9.